The van der Waals surface area contributed by atoms with Crippen molar-refractivity contribution in [1.82, 2.24) is 4.98 Å². The Morgan fingerprint density at radius 1 is 1.29 bits per heavy atom. The van der Waals surface area contributed by atoms with E-state index in [1.165, 1.54) is 17.4 Å². The normalized spacial score (nSPS) is 11.2. The van der Waals surface area contributed by atoms with E-state index in [4.69, 9.17) is 23.2 Å². The Hall–Kier alpha value is -2.22. The van der Waals surface area contributed by atoms with E-state index in [1.54, 1.807) is 36.5 Å². The third kappa shape index (κ3) is 3.64. The zero-order chi connectivity index (χ0) is 17.1. The highest BCUT2D eigenvalue weighted by atomic mass is 35.5. The van der Waals surface area contributed by atoms with Gasteiger partial charge >= 0.3 is 0 Å². The van der Waals surface area contributed by atoms with Gasteiger partial charge < -0.3 is 0 Å². The van der Waals surface area contributed by atoms with Gasteiger partial charge in [-0.15, -0.1) is 0 Å². The summed E-state index contributed by atoms with van der Waals surface area (Å²) in [5.74, 6) is 0. The molecule has 3 rings (SSSR count). The van der Waals surface area contributed by atoms with Gasteiger partial charge in [0.15, 0.2) is 0 Å². The summed E-state index contributed by atoms with van der Waals surface area (Å²) in [5.41, 5.74) is 4.21. The lowest BCUT2D eigenvalue weighted by Crippen LogP contribution is -1.97. The second kappa shape index (κ2) is 7.12. The number of hydrazone groups is 1. The molecular formula is C15H10Cl2N4O2S. The quantitative estimate of drug-likeness (QED) is 0.376. The maximum absolute atomic E-state index is 10.9. The summed E-state index contributed by atoms with van der Waals surface area (Å²) in [6.45, 7) is 0. The molecule has 1 N–H and O–H groups in total. The van der Waals surface area contributed by atoms with Crippen LogP contribution in [-0.4, -0.2) is 16.1 Å². The predicted octanol–water partition coefficient (Wildman–Crippen LogP) is 5.15. The maximum atomic E-state index is 10.9. The van der Waals surface area contributed by atoms with Gasteiger partial charge in [-0.25, -0.2) is 4.98 Å². The molecule has 0 saturated heterocycles. The number of nitrogens with zero attached hydrogens (tertiary/aromatic N) is 3. The molecule has 0 fully saturated rings. The minimum atomic E-state index is -0.405. The zero-order valence-corrected chi connectivity index (χ0v) is 14.4. The molecular weight excluding hydrogens is 371 g/mol. The van der Waals surface area contributed by atoms with Gasteiger partial charge in [0.2, 0.25) is 5.13 Å². The topological polar surface area (TPSA) is 80.4 Å². The molecule has 0 atom stereocenters. The molecule has 24 heavy (non-hydrogen) atoms. The first-order chi connectivity index (χ1) is 11.5. The van der Waals surface area contributed by atoms with E-state index >= 15 is 0 Å². The fraction of sp³-hybridized carbons (Fsp3) is 0.0667. The van der Waals surface area contributed by atoms with Gasteiger partial charge in [0.1, 0.15) is 0 Å². The van der Waals surface area contributed by atoms with Crippen LogP contribution in [0.3, 0.4) is 0 Å². The summed E-state index contributed by atoms with van der Waals surface area (Å²) >= 11 is 13.3. The van der Waals surface area contributed by atoms with Gasteiger partial charge in [0, 0.05) is 24.3 Å². The molecule has 2 aromatic carbocycles. The predicted molar refractivity (Wildman–Crippen MR) is 98.6 cm³/mol. The Morgan fingerprint density at radius 3 is 2.83 bits per heavy atom. The Labute approximate surface area is 150 Å². The van der Waals surface area contributed by atoms with Crippen LogP contribution in [0, 0.1) is 10.1 Å². The number of hydrogen-bond donors (Lipinski definition) is 1. The summed E-state index contributed by atoms with van der Waals surface area (Å²) in [6, 6.07) is 10.00. The summed E-state index contributed by atoms with van der Waals surface area (Å²) in [7, 11) is 0. The number of hydrogen-bond acceptors (Lipinski definition) is 6. The zero-order valence-electron chi connectivity index (χ0n) is 12.1. The van der Waals surface area contributed by atoms with Gasteiger partial charge in [-0.05, 0) is 12.1 Å². The van der Waals surface area contributed by atoms with Crippen LogP contribution in [-0.2, 0) is 6.42 Å². The number of halogens is 2. The van der Waals surface area contributed by atoms with Gasteiger partial charge in [-0.2, -0.15) is 5.10 Å². The van der Waals surface area contributed by atoms with Crippen LogP contribution in [0.4, 0.5) is 10.8 Å². The molecule has 0 aliphatic carbocycles. The van der Waals surface area contributed by atoms with Gasteiger partial charge in [0.05, 0.1) is 25.2 Å². The van der Waals surface area contributed by atoms with Crippen molar-refractivity contribution in [3.63, 3.8) is 0 Å². The van der Waals surface area contributed by atoms with Gasteiger partial charge in [0.25, 0.3) is 5.69 Å². The summed E-state index contributed by atoms with van der Waals surface area (Å²) < 4.78 is 0.890. The van der Waals surface area contributed by atoms with Crippen LogP contribution >= 0.6 is 34.5 Å². The Morgan fingerprint density at radius 2 is 2.04 bits per heavy atom. The van der Waals surface area contributed by atoms with Crippen molar-refractivity contribution in [3.05, 3.63) is 62.1 Å². The molecule has 6 nitrogen and oxygen atoms in total. The highest BCUT2D eigenvalue weighted by molar-refractivity contribution is 7.22. The maximum Gasteiger partial charge on any atom is 0.272 e. The van der Waals surface area contributed by atoms with E-state index in [2.05, 4.69) is 15.5 Å². The van der Waals surface area contributed by atoms with Crippen molar-refractivity contribution in [3.8, 4) is 0 Å². The molecule has 1 aromatic heterocycles. The molecule has 0 amide bonds. The van der Waals surface area contributed by atoms with E-state index in [-0.39, 0.29) is 5.69 Å². The van der Waals surface area contributed by atoms with Gasteiger partial charge in [-0.3, -0.25) is 15.5 Å². The highest BCUT2D eigenvalue weighted by Crippen LogP contribution is 2.32. The molecule has 9 heteroatoms. The standard InChI is InChI=1S/C15H10Cl2N4O2S/c16-10-7-12-14(8-11(10)17)24-15(19-12)20-18-6-5-9-3-1-2-4-13(9)21(22)23/h1-4,6-8H,5H2,(H,19,20)/b18-6-. The molecule has 0 spiro atoms. The molecule has 0 saturated carbocycles. The lowest BCUT2D eigenvalue weighted by Gasteiger charge is -1.98. The number of rotatable bonds is 5. The van der Waals surface area contributed by atoms with Crippen LogP contribution in [0.2, 0.25) is 10.0 Å². The minimum absolute atomic E-state index is 0.0771. The summed E-state index contributed by atoms with van der Waals surface area (Å²) in [4.78, 5) is 14.9. The average Bonchev–Trinajstić information content (AvgIpc) is 2.94. The fourth-order valence-electron chi connectivity index (χ4n) is 2.08. The molecule has 1 heterocycles. The Balaban J connectivity index is 1.70. The number of para-hydroxylation sites is 1. The second-order valence-corrected chi connectivity index (χ2v) is 6.61. The van der Waals surface area contributed by atoms with Crippen molar-refractivity contribution in [1.29, 1.82) is 0 Å². The molecule has 0 radical (unpaired) electrons. The largest absolute Gasteiger partial charge is 0.272 e. The van der Waals surface area contributed by atoms with Crippen LogP contribution in [0.15, 0.2) is 41.5 Å². The number of anilines is 1. The highest BCUT2D eigenvalue weighted by Gasteiger charge is 2.10. The first kappa shape index (κ1) is 16.6. The van der Waals surface area contributed by atoms with E-state index < -0.39 is 4.92 Å². The minimum Gasteiger partial charge on any atom is -0.258 e. The number of fused-ring (bicyclic) bond motifs is 1. The number of nitro benzene ring substituents is 1. The monoisotopic (exact) mass is 380 g/mol. The van der Waals surface area contributed by atoms with Crippen molar-refractivity contribution >= 4 is 61.8 Å². The summed E-state index contributed by atoms with van der Waals surface area (Å²) in [5, 5.41) is 16.5. The third-order valence-electron chi connectivity index (χ3n) is 3.18. The first-order valence-corrected chi connectivity index (χ1v) is 8.37. The third-order valence-corrected chi connectivity index (χ3v) is 4.83. The number of benzene rings is 2. The lowest BCUT2D eigenvalue weighted by atomic mass is 10.1. The molecule has 3 aromatic rings. The number of nitrogens with one attached hydrogen (secondary N) is 1. The molecule has 0 aliphatic rings. The van der Waals surface area contributed by atoms with E-state index in [1.807, 2.05) is 0 Å². The second-order valence-electron chi connectivity index (χ2n) is 4.77. The molecule has 122 valence electrons. The number of thiazole rings is 1. The van der Waals surface area contributed by atoms with Crippen molar-refractivity contribution < 1.29 is 4.92 Å². The van der Waals surface area contributed by atoms with Crippen LogP contribution in [0.25, 0.3) is 10.2 Å². The SMILES string of the molecule is O=[N+]([O-])c1ccccc1C/C=N\Nc1nc2cc(Cl)c(Cl)cc2s1. The smallest absolute Gasteiger partial charge is 0.258 e. The summed E-state index contributed by atoms with van der Waals surface area (Å²) in [6.07, 6.45) is 1.90. The van der Waals surface area contributed by atoms with Crippen LogP contribution in [0.1, 0.15) is 5.56 Å². The Kier molecular flexibility index (Phi) is 4.94. The van der Waals surface area contributed by atoms with Crippen molar-refractivity contribution in [2.45, 2.75) is 6.42 Å². The number of nitro groups is 1. The van der Waals surface area contributed by atoms with E-state index in [0.717, 1.165) is 10.2 Å². The lowest BCUT2D eigenvalue weighted by molar-refractivity contribution is -0.385. The van der Waals surface area contributed by atoms with Gasteiger partial charge in [-0.1, -0.05) is 52.7 Å². The molecule has 0 unspecified atom stereocenters. The average molecular weight is 381 g/mol. The fourth-order valence-corrected chi connectivity index (χ4v) is 3.30. The Bertz CT molecular complexity index is 903. The first-order valence-electron chi connectivity index (χ1n) is 6.80. The van der Waals surface area contributed by atoms with Crippen molar-refractivity contribution in [2.75, 3.05) is 5.43 Å². The molecule has 0 bridgehead atoms. The number of aromatic nitrogens is 1. The molecule has 0 aliphatic heterocycles. The van der Waals surface area contributed by atoms with Crippen molar-refractivity contribution in [2.24, 2.45) is 5.10 Å². The van der Waals surface area contributed by atoms with Crippen LogP contribution < -0.4 is 5.43 Å². The van der Waals surface area contributed by atoms with E-state index in [0.29, 0.717) is 27.2 Å². The van der Waals surface area contributed by atoms with Crippen LogP contribution in [0.5, 0.6) is 0 Å². The van der Waals surface area contributed by atoms with E-state index in [9.17, 15) is 10.1 Å².